The van der Waals surface area contributed by atoms with E-state index in [0.717, 1.165) is 6.42 Å². The number of rotatable bonds is 4. The molecular formula is C12H16N2O4. The van der Waals surface area contributed by atoms with Gasteiger partial charge < -0.3 is 19.8 Å². The predicted molar refractivity (Wildman–Crippen MR) is 64.6 cm³/mol. The normalized spacial score (nSPS) is 22.9. The van der Waals surface area contributed by atoms with E-state index in [-0.39, 0.29) is 11.0 Å². The zero-order valence-corrected chi connectivity index (χ0v) is 10.2. The van der Waals surface area contributed by atoms with Crippen LogP contribution in [0.25, 0.3) is 0 Å². The number of H-pyrrole nitrogens is 1. The summed E-state index contributed by atoms with van der Waals surface area (Å²) in [6.07, 6.45) is 3.61. The Morgan fingerprint density at radius 1 is 1.67 bits per heavy atom. The highest BCUT2D eigenvalue weighted by Crippen LogP contribution is 2.21. The Balaban J connectivity index is 2.00. The molecule has 0 aliphatic carbocycles. The van der Waals surface area contributed by atoms with Gasteiger partial charge in [-0.15, -0.1) is 0 Å². The van der Waals surface area contributed by atoms with E-state index in [9.17, 15) is 9.59 Å². The van der Waals surface area contributed by atoms with Gasteiger partial charge in [0, 0.05) is 45.1 Å². The van der Waals surface area contributed by atoms with Crippen LogP contribution in [-0.2, 0) is 9.47 Å². The van der Waals surface area contributed by atoms with Crippen molar-refractivity contribution in [2.24, 2.45) is 0 Å². The van der Waals surface area contributed by atoms with E-state index in [1.54, 1.807) is 7.11 Å². The molecule has 0 bridgehead atoms. The van der Waals surface area contributed by atoms with Gasteiger partial charge in [0.15, 0.2) is 5.43 Å². The Bertz CT molecular complexity index is 477. The fourth-order valence-corrected chi connectivity index (χ4v) is 1.89. The van der Waals surface area contributed by atoms with Crippen LogP contribution in [0.5, 0.6) is 0 Å². The average Bonchev–Trinajstić information content (AvgIpc) is 2.86. The molecule has 98 valence electrons. The van der Waals surface area contributed by atoms with Crippen molar-refractivity contribution >= 4 is 5.91 Å². The lowest BCUT2D eigenvalue weighted by Gasteiger charge is -2.25. The third-order valence-electron chi connectivity index (χ3n) is 3.14. The second kappa shape index (κ2) is 5.32. The number of aromatic nitrogens is 1. The van der Waals surface area contributed by atoms with E-state index in [1.165, 1.54) is 18.5 Å². The van der Waals surface area contributed by atoms with Gasteiger partial charge in [0.1, 0.15) is 11.2 Å². The molecule has 0 spiro atoms. The first kappa shape index (κ1) is 12.8. The molecule has 1 unspecified atom stereocenters. The number of hydrogen-bond acceptors (Lipinski definition) is 4. The van der Waals surface area contributed by atoms with Gasteiger partial charge in [-0.25, -0.2) is 0 Å². The minimum absolute atomic E-state index is 0.0997. The summed E-state index contributed by atoms with van der Waals surface area (Å²) in [4.78, 5) is 26.0. The number of hydrogen-bond donors (Lipinski definition) is 2. The summed E-state index contributed by atoms with van der Waals surface area (Å²) in [6.45, 7) is 1.40. The third-order valence-corrected chi connectivity index (χ3v) is 3.14. The number of carbonyl (C=O) groups is 1. The van der Waals surface area contributed by atoms with Crippen LogP contribution in [0.3, 0.4) is 0 Å². The molecule has 2 N–H and O–H groups in total. The second-order valence-electron chi connectivity index (χ2n) is 4.29. The van der Waals surface area contributed by atoms with Gasteiger partial charge in [-0.3, -0.25) is 9.59 Å². The van der Waals surface area contributed by atoms with Crippen molar-refractivity contribution in [1.82, 2.24) is 10.3 Å². The summed E-state index contributed by atoms with van der Waals surface area (Å²) < 4.78 is 10.7. The minimum atomic E-state index is -0.475. The van der Waals surface area contributed by atoms with E-state index < -0.39 is 11.5 Å². The molecule has 0 aromatic carbocycles. The first-order valence-corrected chi connectivity index (χ1v) is 5.75. The molecule has 1 amide bonds. The Morgan fingerprint density at radius 2 is 2.50 bits per heavy atom. The highest BCUT2D eigenvalue weighted by molar-refractivity contribution is 5.93. The van der Waals surface area contributed by atoms with Crippen molar-refractivity contribution in [2.45, 2.75) is 12.0 Å². The first-order valence-electron chi connectivity index (χ1n) is 5.75. The molecule has 1 atom stereocenters. The summed E-state index contributed by atoms with van der Waals surface area (Å²) in [7, 11) is 1.59. The van der Waals surface area contributed by atoms with Crippen molar-refractivity contribution < 1.29 is 14.3 Å². The predicted octanol–water partition coefficient (Wildman–Crippen LogP) is -0.0898. The largest absolute Gasteiger partial charge is 0.378 e. The topological polar surface area (TPSA) is 80.4 Å². The van der Waals surface area contributed by atoms with Crippen molar-refractivity contribution in [1.29, 1.82) is 0 Å². The molecule has 6 heteroatoms. The van der Waals surface area contributed by atoms with Crippen LogP contribution >= 0.6 is 0 Å². The number of ether oxygens (including phenoxy) is 2. The van der Waals surface area contributed by atoms with E-state index in [0.29, 0.717) is 19.8 Å². The zero-order valence-electron chi connectivity index (χ0n) is 10.2. The van der Waals surface area contributed by atoms with Crippen LogP contribution in [0.2, 0.25) is 0 Å². The molecule has 0 radical (unpaired) electrons. The number of amides is 1. The SMILES string of the molecule is COC1(CNC(=O)c2c[nH]ccc2=O)CCOC1. The lowest BCUT2D eigenvalue weighted by molar-refractivity contribution is -0.0148. The molecule has 18 heavy (non-hydrogen) atoms. The fourth-order valence-electron chi connectivity index (χ4n) is 1.89. The molecule has 1 aliphatic heterocycles. The monoisotopic (exact) mass is 252 g/mol. The minimum Gasteiger partial charge on any atom is -0.378 e. The third kappa shape index (κ3) is 2.60. The lowest BCUT2D eigenvalue weighted by Crippen LogP contribution is -2.45. The Labute approximate surface area is 104 Å². The van der Waals surface area contributed by atoms with Crippen LogP contribution in [0, 0.1) is 0 Å². The van der Waals surface area contributed by atoms with Crippen molar-refractivity contribution in [2.75, 3.05) is 26.9 Å². The van der Waals surface area contributed by atoms with Crippen LogP contribution in [0.1, 0.15) is 16.8 Å². The number of methoxy groups -OCH3 is 1. The van der Waals surface area contributed by atoms with Crippen LogP contribution < -0.4 is 10.7 Å². The summed E-state index contributed by atoms with van der Waals surface area (Å²) in [6, 6.07) is 1.32. The van der Waals surface area contributed by atoms with Gasteiger partial charge in [-0.05, 0) is 0 Å². The quantitative estimate of drug-likeness (QED) is 0.784. The maximum atomic E-state index is 11.9. The molecule has 1 aromatic heterocycles. The molecule has 1 saturated heterocycles. The van der Waals surface area contributed by atoms with E-state index in [4.69, 9.17) is 9.47 Å². The highest BCUT2D eigenvalue weighted by atomic mass is 16.5. The van der Waals surface area contributed by atoms with Gasteiger partial charge >= 0.3 is 0 Å². The molecule has 2 heterocycles. The average molecular weight is 252 g/mol. The van der Waals surface area contributed by atoms with Gasteiger partial charge in [0.05, 0.1) is 6.61 Å². The molecular weight excluding hydrogens is 236 g/mol. The highest BCUT2D eigenvalue weighted by Gasteiger charge is 2.35. The maximum absolute atomic E-state index is 11.9. The maximum Gasteiger partial charge on any atom is 0.256 e. The molecule has 1 aliphatic rings. The Morgan fingerprint density at radius 3 is 3.11 bits per heavy atom. The van der Waals surface area contributed by atoms with Crippen molar-refractivity contribution in [3.63, 3.8) is 0 Å². The first-order chi connectivity index (χ1) is 8.67. The number of nitrogens with one attached hydrogen (secondary N) is 2. The van der Waals surface area contributed by atoms with Crippen LogP contribution in [0.15, 0.2) is 23.3 Å². The summed E-state index contributed by atoms with van der Waals surface area (Å²) in [5.41, 5.74) is -0.681. The van der Waals surface area contributed by atoms with Crippen LogP contribution in [0.4, 0.5) is 0 Å². The van der Waals surface area contributed by atoms with E-state index in [1.807, 2.05) is 0 Å². The summed E-state index contributed by atoms with van der Waals surface area (Å²) in [5, 5.41) is 2.71. The molecule has 6 nitrogen and oxygen atoms in total. The summed E-state index contributed by atoms with van der Waals surface area (Å²) >= 11 is 0. The second-order valence-corrected chi connectivity index (χ2v) is 4.29. The molecule has 1 fully saturated rings. The van der Waals surface area contributed by atoms with Gasteiger partial charge in [0.2, 0.25) is 0 Å². The number of pyridine rings is 1. The van der Waals surface area contributed by atoms with E-state index in [2.05, 4.69) is 10.3 Å². The lowest BCUT2D eigenvalue weighted by atomic mass is 10.0. The van der Waals surface area contributed by atoms with Gasteiger partial charge in [0.25, 0.3) is 5.91 Å². The van der Waals surface area contributed by atoms with Crippen molar-refractivity contribution in [3.8, 4) is 0 Å². The number of carbonyl (C=O) groups excluding carboxylic acids is 1. The standard InChI is InChI=1S/C12H16N2O4/c1-17-12(3-5-18-8-12)7-14-11(16)9-6-13-4-2-10(9)15/h2,4,6H,3,5,7-8H2,1H3,(H,13,15)(H,14,16). The molecule has 2 rings (SSSR count). The van der Waals surface area contributed by atoms with E-state index >= 15 is 0 Å². The fraction of sp³-hybridized carbons (Fsp3) is 0.500. The number of aromatic amines is 1. The molecule has 1 aromatic rings. The smallest absolute Gasteiger partial charge is 0.256 e. The van der Waals surface area contributed by atoms with Crippen molar-refractivity contribution in [3.05, 3.63) is 34.2 Å². The van der Waals surface area contributed by atoms with Gasteiger partial charge in [-0.2, -0.15) is 0 Å². The molecule has 0 saturated carbocycles. The van der Waals surface area contributed by atoms with Gasteiger partial charge in [-0.1, -0.05) is 0 Å². The summed E-state index contributed by atoms with van der Waals surface area (Å²) in [5.74, 6) is -0.403. The van der Waals surface area contributed by atoms with Crippen LogP contribution in [-0.4, -0.2) is 43.4 Å². The Hall–Kier alpha value is -1.66. The zero-order chi connectivity index (χ0) is 13.0. The Kier molecular flexibility index (Phi) is 3.78.